The lowest BCUT2D eigenvalue weighted by molar-refractivity contribution is 0.625. The van der Waals surface area contributed by atoms with Gasteiger partial charge in [0.25, 0.3) is 0 Å². The van der Waals surface area contributed by atoms with E-state index in [2.05, 4.69) is 15.9 Å². The lowest BCUT2D eigenvalue weighted by atomic mass is 10.0. The Morgan fingerprint density at radius 2 is 1.94 bits per heavy atom. The Bertz CT molecular complexity index is 554. The molecule has 94 valence electrons. The molecule has 0 nitrogen and oxygen atoms in total. The maximum atomic E-state index is 13.1. The molecule has 0 aromatic heterocycles. The molecule has 0 aliphatic heterocycles. The Kier molecular flexibility index (Phi) is 4.41. The summed E-state index contributed by atoms with van der Waals surface area (Å²) in [7, 11) is 0. The van der Waals surface area contributed by atoms with Crippen LogP contribution < -0.4 is 0 Å². The van der Waals surface area contributed by atoms with Crippen LogP contribution in [-0.4, -0.2) is 0 Å². The van der Waals surface area contributed by atoms with Crippen molar-refractivity contribution in [2.24, 2.45) is 0 Å². The molecule has 1 unspecified atom stereocenters. The summed E-state index contributed by atoms with van der Waals surface area (Å²) in [5.74, 6) is -0.206. The van der Waals surface area contributed by atoms with Crippen molar-refractivity contribution in [2.45, 2.75) is 18.2 Å². The van der Waals surface area contributed by atoms with Gasteiger partial charge in [-0.2, -0.15) is 0 Å². The Hall–Kier alpha value is -0.860. The van der Waals surface area contributed by atoms with Crippen molar-refractivity contribution in [1.29, 1.82) is 0 Å². The van der Waals surface area contributed by atoms with Crippen LogP contribution in [0, 0.1) is 12.7 Å². The van der Waals surface area contributed by atoms with E-state index in [1.807, 2.05) is 31.2 Å². The number of hydrogen-bond acceptors (Lipinski definition) is 0. The number of aryl methyl sites for hydroxylation is 1. The minimum Gasteiger partial charge on any atom is -0.207 e. The molecule has 0 bridgehead atoms. The van der Waals surface area contributed by atoms with Gasteiger partial charge in [-0.15, -0.1) is 0 Å². The van der Waals surface area contributed by atoms with Gasteiger partial charge in [0.05, 0.1) is 0 Å². The standard InChI is InChI=1S/C15H13BrClF/c1-10-4-2-7-13(15(10)17)14(16)9-11-5-3-6-12(18)8-11/h2-8,14H,9H2,1H3. The van der Waals surface area contributed by atoms with E-state index < -0.39 is 0 Å². The number of benzene rings is 2. The molecular weight excluding hydrogens is 315 g/mol. The maximum absolute atomic E-state index is 13.1. The van der Waals surface area contributed by atoms with Gasteiger partial charge < -0.3 is 0 Å². The van der Waals surface area contributed by atoms with Crippen LogP contribution in [-0.2, 0) is 6.42 Å². The molecule has 0 saturated heterocycles. The van der Waals surface area contributed by atoms with Gasteiger partial charge in [0.2, 0.25) is 0 Å². The Morgan fingerprint density at radius 1 is 1.22 bits per heavy atom. The molecule has 1 atom stereocenters. The molecule has 0 N–H and O–H groups in total. The van der Waals surface area contributed by atoms with Crippen LogP contribution in [0.2, 0.25) is 5.02 Å². The smallest absolute Gasteiger partial charge is 0.123 e. The molecule has 2 aromatic rings. The Balaban J connectivity index is 2.22. The zero-order valence-corrected chi connectivity index (χ0v) is 12.3. The van der Waals surface area contributed by atoms with Gasteiger partial charge in [0.15, 0.2) is 0 Å². The SMILES string of the molecule is Cc1cccc(C(Br)Cc2cccc(F)c2)c1Cl. The van der Waals surface area contributed by atoms with Gasteiger partial charge in [-0.25, -0.2) is 4.39 Å². The van der Waals surface area contributed by atoms with Crippen LogP contribution >= 0.6 is 27.5 Å². The van der Waals surface area contributed by atoms with Gasteiger partial charge in [-0.3, -0.25) is 0 Å². The van der Waals surface area contributed by atoms with E-state index in [0.29, 0.717) is 6.42 Å². The highest BCUT2D eigenvalue weighted by molar-refractivity contribution is 9.09. The summed E-state index contributed by atoms with van der Waals surface area (Å²) in [5.41, 5.74) is 3.05. The number of hydrogen-bond donors (Lipinski definition) is 0. The highest BCUT2D eigenvalue weighted by atomic mass is 79.9. The monoisotopic (exact) mass is 326 g/mol. The minimum atomic E-state index is -0.206. The van der Waals surface area contributed by atoms with Gasteiger partial charge in [0, 0.05) is 9.85 Å². The average Bonchev–Trinajstić information content (AvgIpc) is 2.32. The van der Waals surface area contributed by atoms with E-state index in [4.69, 9.17) is 11.6 Å². The van der Waals surface area contributed by atoms with Crippen molar-refractivity contribution in [3.8, 4) is 0 Å². The largest absolute Gasteiger partial charge is 0.207 e. The molecular formula is C15H13BrClF. The molecule has 0 spiro atoms. The number of rotatable bonds is 3. The predicted molar refractivity (Wildman–Crippen MR) is 78.0 cm³/mol. The summed E-state index contributed by atoms with van der Waals surface area (Å²) in [4.78, 5) is 0.0895. The fourth-order valence-corrected chi connectivity index (χ4v) is 3.04. The maximum Gasteiger partial charge on any atom is 0.123 e. The van der Waals surface area contributed by atoms with E-state index in [1.54, 1.807) is 12.1 Å². The van der Waals surface area contributed by atoms with Gasteiger partial charge >= 0.3 is 0 Å². The van der Waals surface area contributed by atoms with E-state index >= 15 is 0 Å². The van der Waals surface area contributed by atoms with E-state index in [-0.39, 0.29) is 10.6 Å². The van der Waals surface area contributed by atoms with Crippen LogP contribution in [0.25, 0.3) is 0 Å². The van der Waals surface area contributed by atoms with E-state index in [0.717, 1.165) is 21.7 Å². The lowest BCUT2D eigenvalue weighted by Gasteiger charge is -2.13. The highest BCUT2D eigenvalue weighted by Crippen LogP contribution is 2.33. The van der Waals surface area contributed by atoms with Crippen molar-refractivity contribution in [2.75, 3.05) is 0 Å². The van der Waals surface area contributed by atoms with Crippen molar-refractivity contribution >= 4 is 27.5 Å². The second kappa shape index (κ2) is 5.85. The molecule has 0 amide bonds. The van der Waals surface area contributed by atoms with Crippen LogP contribution in [0.15, 0.2) is 42.5 Å². The molecule has 0 aliphatic carbocycles. The van der Waals surface area contributed by atoms with Crippen LogP contribution in [0.5, 0.6) is 0 Å². The first-order valence-electron chi connectivity index (χ1n) is 5.71. The first-order valence-corrected chi connectivity index (χ1v) is 7.01. The third-order valence-electron chi connectivity index (χ3n) is 2.86. The number of alkyl halides is 1. The summed E-state index contributed by atoms with van der Waals surface area (Å²) < 4.78 is 13.1. The van der Waals surface area contributed by atoms with E-state index in [1.165, 1.54) is 6.07 Å². The Labute approximate surface area is 120 Å². The Morgan fingerprint density at radius 3 is 2.67 bits per heavy atom. The van der Waals surface area contributed by atoms with E-state index in [9.17, 15) is 4.39 Å². The molecule has 0 fully saturated rings. The quantitative estimate of drug-likeness (QED) is 0.656. The van der Waals surface area contributed by atoms with Crippen molar-refractivity contribution < 1.29 is 4.39 Å². The van der Waals surface area contributed by atoms with Crippen molar-refractivity contribution in [1.82, 2.24) is 0 Å². The lowest BCUT2D eigenvalue weighted by Crippen LogP contribution is -1.97. The summed E-state index contributed by atoms with van der Waals surface area (Å²) in [6.07, 6.45) is 0.709. The predicted octanol–water partition coefficient (Wildman–Crippen LogP) is 5.47. The molecule has 0 saturated carbocycles. The fourth-order valence-electron chi connectivity index (χ4n) is 1.89. The third kappa shape index (κ3) is 3.12. The second-order valence-corrected chi connectivity index (χ2v) is 5.76. The minimum absolute atomic E-state index is 0.0895. The van der Waals surface area contributed by atoms with Gasteiger partial charge in [-0.1, -0.05) is 57.9 Å². The van der Waals surface area contributed by atoms with Gasteiger partial charge in [-0.05, 0) is 42.2 Å². The summed E-state index contributed by atoms with van der Waals surface area (Å²) >= 11 is 9.91. The topological polar surface area (TPSA) is 0 Å². The molecule has 3 heteroatoms. The zero-order valence-electron chi connectivity index (χ0n) is 9.96. The highest BCUT2D eigenvalue weighted by Gasteiger charge is 2.13. The molecule has 0 radical (unpaired) electrons. The van der Waals surface area contributed by atoms with Gasteiger partial charge in [0.1, 0.15) is 5.82 Å². The molecule has 2 rings (SSSR count). The van der Waals surface area contributed by atoms with Crippen molar-refractivity contribution in [3.05, 3.63) is 70.0 Å². The first-order chi connectivity index (χ1) is 8.58. The summed E-state index contributed by atoms with van der Waals surface area (Å²) in [5, 5.41) is 0.774. The van der Waals surface area contributed by atoms with Crippen LogP contribution in [0.3, 0.4) is 0 Å². The summed E-state index contributed by atoms with van der Waals surface area (Å²) in [6, 6.07) is 12.6. The fraction of sp³-hybridized carbons (Fsp3) is 0.200. The second-order valence-electron chi connectivity index (χ2n) is 4.28. The molecule has 0 heterocycles. The van der Waals surface area contributed by atoms with Crippen LogP contribution in [0.1, 0.15) is 21.5 Å². The molecule has 2 aromatic carbocycles. The average molecular weight is 328 g/mol. The molecule has 18 heavy (non-hydrogen) atoms. The van der Waals surface area contributed by atoms with Crippen molar-refractivity contribution in [3.63, 3.8) is 0 Å². The molecule has 0 aliphatic rings. The number of halogens is 3. The summed E-state index contributed by atoms with van der Waals surface area (Å²) in [6.45, 7) is 1.98. The third-order valence-corrected chi connectivity index (χ3v) is 4.20. The first kappa shape index (κ1) is 13.6. The van der Waals surface area contributed by atoms with Crippen LogP contribution in [0.4, 0.5) is 4.39 Å². The zero-order chi connectivity index (χ0) is 13.1. The normalized spacial score (nSPS) is 12.4.